The highest BCUT2D eigenvalue weighted by Gasteiger charge is 2.45. The van der Waals surface area contributed by atoms with Crippen LogP contribution in [0.1, 0.15) is 67.7 Å². The molecule has 1 N–H and O–H groups in total. The number of hydrogen-bond donors (Lipinski definition) is 1. The Labute approximate surface area is 246 Å². The van der Waals surface area contributed by atoms with E-state index in [4.69, 9.17) is 9.26 Å². The molecule has 7 heteroatoms. The highest BCUT2D eigenvalue weighted by Crippen LogP contribution is 2.46. The van der Waals surface area contributed by atoms with Crippen molar-refractivity contribution in [3.8, 4) is 28.1 Å². The molecule has 7 nitrogen and oxygen atoms in total. The van der Waals surface area contributed by atoms with Gasteiger partial charge in [-0.2, -0.15) is 0 Å². The van der Waals surface area contributed by atoms with Crippen LogP contribution in [0.15, 0.2) is 71.3 Å². The highest BCUT2D eigenvalue weighted by molar-refractivity contribution is 6.18. The number of anilines is 1. The summed E-state index contributed by atoms with van der Waals surface area (Å²) < 4.78 is 12.3. The number of aliphatic hydroxyl groups is 1. The zero-order valence-electron chi connectivity index (χ0n) is 24.3. The molecule has 0 aliphatic heterocycles. The van der Waals surface area contributed by atoms with E-state index in [0.717, 1.165) is 64.8 Å². The minimum absolute atomic E-state index is 0.0859. The lowest BCUT2D eigenvalue weighted by molar-refractivity contribution is -0.128. The van der Waals surface area contributed by atoms with E-state index in [0.29, 0.717) is 17.9 Å². The van der Waals surface area contributed by atoms with Gasteiger partial charge in [-0.25, -0.2) is 4.90 Å². The van der Waals surface area contributed by atoms with Crippen molar-refractivity contribution < 1.29 is 24.0 Å². The van der Waals surface area contributed by atoms with Crippen molar-refractivity contribution in [1.29, 1.82) is 0 Å². The summed E-state index contributed by atoms with van der Waals surface area (Å²) >= 11 is 0. The van der Waals surface area contributed by atoms with Crippen LogP contribution in [-0.2, 0) is 22.8 Å². The number of rotatable bonds is 10. The molecule has 1 aromatic heterocycles. The Hall–Kier alpha value is -4.23. The van der Waals surface area contributed by atoms with E-state index in [1.54, 1.807) is 0 Å². The number of aryl methyl sites for hydroxylation is 1. The second-order valence-corrected chi connectivity index (χ2v) is 11.8. The molecule has 0 bridgehead atoms. The first-order valence-electron chi connectivity index (χ1n) is 14.7. The van der Waals surface area contributed by atoms with Gasteiger partial charge in [0.05, 0.1) is 12.2 Å². The maximum Gasteiger partial charge on any atom is 0.249 e. The number of carbonyl (C=O) groups excluding carboxylic acids is 2. The van der Waals surface area contributed by atoms with Crippen LogP contribution in [0.25, 0.3) is 22.4 Å². The molecule has 0 saturated heterocycles. The molecular formula is C35H36N2O5. The predicted octanol–water partition coefficient (Wildman–Crippen LogP) is 7.19. The number of aliphatic hydroxyl groups excluding tert-OH is 1. The number of benzene rings is 3. The van der Waals surface area contributed by atoms with Crippen molar-refractivity contribution in [2.45, 2.75) is 65.6 Å². The number of hydrogen-bond acceptors (Lipinski definition) is 6. The molecule has 0 radical (unpaired) electrons. The molecule has 2 fully saturated rings. The summed E-state index contributed by atoms with van der Waals surface area (Å²) in [7, 11) is 0. The average molecular weight is 565 g/mol. The summed E-state index contributed by atoms with van der Waals surface area (Å²) in [6.45, 7) is 6.62. The first-order valence-corrected chi connectivity index (χ1v) is 14.7. The minimum Gasteiger partial charge on any atom is -0.489 e. The third-order valence-corrected chi connectivity index (χ3v) is 8.07. The molecule has 2 aliphatic rings. The van der Waals surface area contributed by atoms with Crippen molar-refractivity contribution in [2.75, 3.05) is 4.90 Å². The lowest BCUT2D eigenvalue weighted by Crippen LogP contribution is -2.39. The number of imide groups is 1. The van der Waals surface area contributed by atoms with Crippen LogP contribution in [-0.4, -0.2) is 22.1 Å². The maximum absolute atomic E-state index is 13.5. The second-order valence-electron chi connectivity index (χ2n) is 11.8. The van der Waals surface area contributed by atoms with Crippen LogP contribution >= 0.6 is 0 Å². The van der Waals surface area contributed by atoms with Gasteiger partial charge in [0.15, 0.2) is 0 Å². The van der Waals surface area contributed by atoms with Gasteiger partial charge >= 0.3 is 0 Å². The van der Waals surface area contributed by atoms with Crippen molar-refractivity contribution in [3.63, 3.8) is 0 Å². The van der Waals surface area contributed by atoms with Crippen molar-refractivity contribution >= 4 is 17.7 Å². The fraction of sp³-hybridized carbons (Fsp3) is 0.343. The van der Waals surface area contributed by atoms with Gasteiger partial charge in [0.25, 0.3) is 0 Å². The first-order chi connectivity index (χ1) is 20.4. The van der Waals surface area contributed by atoms with E-state index >= 15 is 0 Å². The van der Waals surface area contributed by atoms with Gasteiger partial charge in [-0.15, -0.1) is 0 Å². The van der Waals surface area contributed by atoms with Gasteiger partial charge in [0.1, 0.15) is 18.1 Å². The Balaban J connectivity index is 1.47. The molecule has 0 atom stereocenters. The number of nitrogens with zero attached hydrogens (tertiary/aromatic N) is 2. The summed E-state index contributed by atoms with van der Waals surface area (Å²) in [4.78, 5) is 28.3. The fourth-order valence-electron chi connectivity index (χ4n) is 5.25. The zero-order chi connectivity index (χ0) is 29.4. The monoisotopic (exact) mass is 564 g/mol. The number of ether oxygens (including phenoxy) is 1. The topological polar surface area (TPSA) is 92.9 Å². The summed E-state index contributed by atoms with van der Waals surface area (Å²) in [6, 6.07) is 21.6. The van der Waals surface area contributed by atoms with Gasteiger partial charge in [-0.3, -0.25) is 9.59 Å². The van der Waals surface area contributed by atoms with Crippen molar-refractivity contribution in [1.82, 2.24) is 5.16 Å². The summed E-state index contributed by atoms with van der Waals surface area (Å²) in [5.74, 6) is 0.382. The Kier molecular flexibility index (Phi) is 7.69. The van der Waals surface area contributed by atoms with E-state index < -0.39 is 0 Å². The molecule has 4 aromatic rings. The molecule has 6 rings (SSSR count). The van der Waals surface area contributed by atoms with Gasteiger partial charge in [-0.1, -0.05) is 73.6 Å². The molecule has 2 aliphatic carbocycles. The van der Waals surface area contributed by atoms with Gasteiger partial charge in [-0.05, 0) is 78.5 Å². The number of carbonyl (C=O) groups is 2. The molecular weight excluding hydrogens is 528 g/mol. The smallest absolute Gasteiger partial charge is 0.249 e. The SMILES string of the molecule is Cc1cc(OCc2ccccc2)c(C(C)C)cc1-c1noc(N(C(=O)C2CC2)C(=O)C2CC2)c1-c1ccc(CO)cc1. The van der Waals surface area contributed by atoms with Crippen LogP contribution in [0.4, 0.5) is 5.88 Å². The number of aromatic nitrogens is 1. The lowest BCUT2D eigenvalue weighted by atomic mass is 9.92. The molecule has 0 unspecified atom stereocenters. The van der Waals surface area contributed by atoms with Crippen LogP contribution in [0.5, 0.6) is 5.75 Å². The van der Waals surface area contributed by atoms with E-state index in [1.807, 2.05) is 67.6 Å². The Morgan fingerprint density at radius 2 is 1.60 bits per heavy atom. The van der Waals surface area contributed by atoms with Crippen LogP contribution in [0.3, 0.4) is 0 Å². The van der Waals surface area contributed by atoms with Crippen LogP contribution in [0, 0.1) is 18.8 Å². The van der Waals surface area contributed by atoms with Crippen molar-refractivity contribution in [2.24, 2.45) is 11.8 Å². The van der Waals surface area contributed by atoms with Crippen molar-refractivity contribution in [3.05, 3.63) is 89.0 Å². The third kappa shape index (κ3) is 5.61. The summed E-state index contributed by atoms with van der Waals surface area (Å²) in [5.41, 5.74) is 6.57. The zero-order valence-corrected chi connectivity index (χ0v) is 24.3. The van der Waals surface area contributed by atoms with Gasteiger partial charge < -0.3 is 14.4 Å². The summed E-state index contributed by atoms with van der Waals surface area (Å²) in [5, 5.41) is 14.2. The van der Waals surface area contributed by atoms with E-state index in [2.05, 4.69) is 25.1 Å². The molecule has 2 saturated carbocycles. The lowest BCUT2D eigenvalue weighted by Gasteiger charge is -2.20. The van der Waals surface area contributed by atoms with Crippen LogP contribution < -0.4 is 9.64 Å². The molecule has 42 heavy (non-hydrogen) atoms. The normalized spacial score (nSPS) is 14.7. The molecule has 2 amide bonds. The maximum atomic E-state index is 13.5. The Morgan fingerprint density at radius 3 is 2.17 bits per heavy atom. The molecule has 216 valence electrons. The van der Waals surface area contributed by atoms with Gasteiger partial charge in [0.2, 0.25) is 17.7 Å². The minimum atomic E-state index is -0.216. The number of amides is 2. The second kappa shape index (κ2) is 11.6. The first kappa shape index (κ1) is 27.9. The van der Waals surface area contributed by atoms with E-state index in [1.165, 1.54) is 4.90 Å². The van der Waals surface area contributed by atoms with Gasteiger partial charge in [0, 0.05) is 17.4 Å². The van der Waals surface area contributed by atoms with Crippen LogP contribution in [0.2, 0.25) is 0 Å². The standard InChI is InChI=1S/C35H36N2O5/c1-21(2)28-18-29(22(3)17-30(28)41-20-24-7-5-4-6-8-24)32-31(25-11-9-23(19-38)10-12-25)35(42-36-32)37(33(39)26-13-14-26)34(40)27-15-16-27/h4-12,17-18,21,26-27,38H,13-16,19-20H2,1-3H3. The Bertz CT molecular complexity index is 1570. The largest absolute Gasteiger partial charge is 0.489 e. The van der Waals surface area contributed by atoms with E-state index in [-0.39, 0.29) is 42.1 Å². The Morgan fingerprint density at radius 1 is 0.952 bits per heavy atom. The third-order valence-electron chi connectivity index (χ3n) is 8.07. The quantitative estimate of drug-likeness (QED) is 0.205. The predicted molar refractivity (Wildman–Crippen MR) is 161 cm³/mol. The average Bonchev–Trinajstić information content (AvgIpc) is 3.94. The highest BCUT2D eigenvalue weighted by atomic mass is 16.5. The fourth-order valence-corrected chi connectivity index (χ4v) is 5.25. The molecule has 3 aromatic carbocycles. The molecule has 1 heterocycles. The summed E-state index contributed by atoms with van der Waals surface area (Å²) in [6.07, 6.45) is 3.10. The van der Waals surface area contributed by atoms with E-state index in [9.17, 15) is 14.7 Å². The molecule has 0 spiro atoms.